The van der Waals surface area contributed by atoms with E-state index in [1.807, 2.05) is 13.0 Å². The van der Waals surface area contributed by atoms with Gasteiger partial charge in [-0.15, -0.1) is 0 Å². The number of hydrogen-bond acceptors (Lipinski definition) is 4. The first-order chi connectivity index (χ1) is 8.74. The van der Waals surface area contributed by atoms with Crippen molar-refractivity contribution in [3.8, 4) is 0 Å². The fourth-order valence-electron chi connectivity index (χ4n) is 2.06. The topological polar surface area (TPSA) is 62.5 Å². The van der Waals surface area contributed by atoms with Crippen LogP contribution in [0.5, 0.6) is 0 Å². The molecule has 0 spiro atoms. The molecule has 2 aromatic heterocycles. The van der Waals surface area contributed by atoms with E-state index in [0.717, 1.165) is 36.4 Å². The van der Waals surface area contributed by atoms with Gasteiger partial charge in [0.25, 0.3) is 0 Å². The third-order valence-electron chi connectivity index (χ3n) is 3.21. The molecule has 0 aliphatic carbocycles. The molecule has 98 valence electrons. The van der Waals surface area contributed by atoms with Gasteiger partial charge >= 0.3 is 0 Å². The summed E-state index contributed by atoms with van der Waals surface area (Å²) in [5.41, 5.74) is 2.01. The highest BCUT2D eigenvalue weighted by molar-refractivity contribution is 5.51. The van der Waals surface area contributed by atoms with Gasteiger partial charge in [0.1, 0.15) is 12.1 Å². The molecule has 18 heavy (non-hydrogen) atoms. The summed E-state index contributed by atoms with van der Waals surface area (Å²) in [6, 6.07) is 4.07. The van der Waals surface area contributed by atoms with Crippen molar-refractivity contribution in [1.29, 1.82) is 0 Å². The summed E-state index contributed by atoms with van der Waals surface area (Å²) < 4.78 is 1.80. The number of nitrogens with zero attached hydrogens (tertiary/aromatic N) is 3. The molecule has 1 atom stereocenters. The van der Waals surface area contributed by atoms with Gasteiger partial charge in [0, 0.05) is 13.2 Å². The Morgan fingerprint density at radius 2 is 2.28 bits per heavy atom. The summed E-state index contributed by atoms with van der Waals surface area (Å²) in [5.74, 6) is 1.44. The number of aryl methyl sites for hydroxylation is 1. The minimum Gasteiger partial charge on any atom is -0.396 e. The first kappa shape index (κ1) is 12.8. The number of anilines is 1. The second-order valence-corrected chi connectivity index (χ2v) is 4.62. The van der Waals surface area contributed by atoms with E-state index in [-0.39, 0.29) is 6.61 Å². The Morgan fingerprint density at radius 1 is 1.44 bits per heavy atom. The van der Waals surface area contributed by atoms with Gasteiger partial charge < -0.3 is 10.4 Å². The van der Waals surface area contributed by atoms with Crippen molar-refractivity contribution in [2.45, 2.75) is 26.7 Å². The SMILES string of the molecule is CCC(CCO)CNc1cc(C)cc2ncnn12. The molecular weight excluding hydrogens is 228 g/mol. The molecule has 0 fully saturated rings. The standard InChI is InChI=1S/C13H20N4O/c1-3-11(4-5-18)8-14-12-6-10(2)7-13-15-9-16-17(12)13/h6-7,9,11,14,18H,3-5,8H2,1-2H3. The van der Waals surface area contributed by atoms with E-state index < -0.39 is 0 Å². The molecule has 2 N–H and O–H groups in total. The number of aliphatic hydroxyl groups is 1. The predicted octanol–water partition coefficient (Wildman–Crippen LogP) is 1.86. The first-order valence-electron chi connectivity index (χ1n) is 6.39. The van der Waals surface area contributed by atoms with E-state index in [2.05, 4.69) is 28.4 Å². The van der Waals surface area contributed by atoms with Gasteiger partial charge in [0.05, 0.1) is 0 Å². The molecule has 1 unspecified atom stereocenters. The summed E-state index contributed by atoms with van der Waals surface area (Å²) in [5, 5.41) is 16.6. The predicted molar refractivity (Wildman–Crippen MR) is 71.7 cm³/mol. The molecule has 2 heterocycles. The lowest BCUT2D eigenvalue weighted by Gasteiger charge is -2.16. The fraction of sp³-hybridized carbons (Fsp3) is 0.538. The molecule has 0 aliphatic heterocycles. The van der Waals surface area contributed by atoms with Crippen LogP contribution < -0.4 is 5.32 Å². The van der Waals surface area contributed by atoms with Gasteiger partial charge in [0.15, 0.2) is 5.65 Å². The van der Waals surface area contributed by atoms with E-state index in [1.54, 1.807) is 10.8 Å². The van der Waals surface area contributed by atoms with Crippen molar-refractivity contribution in [1.82, 2.24) is 14.6 Å². The average Bonchev–Trinajstić information content (AvgIpc) is 2.82. The monoisotopic (exact) mass is 248 g/mol. The van der Waals surface area contributed by atoms with Crippen LogP contribution in [0, 0.1) is 12.8 Å². The number of fused-ring (bicyclic) bond motifs is 1. The maximum absolute atomic E-state index is 8.99. The van der Waals surface area contributed by atoms with Crippen LogP contribution in [-0.4, -0.2) is 32.9 Å². The Balaban J connectivity index is 2.13. The number of aromatic nitrogens is 3. The Hall–Kier alpha value is -1.62. The highest BCUT2D eigenvalue weighted by Crippen LogP contribution is 2.15. The van der Waals surface area contributed by atoms with Crippen LogP contribution in [-0.2, 0) is 0 Å². The molecule has 5 nitrogen and oxygen atoms in total. The maximum Gasteiger partial charge on any atom is 0.157 e. The quantitative estimate of drug-likeness (QED) is 0.819. The van der Waals surface area contributed by atoms with Crippen LogP contribution in [0.15, 0.2) is 18.5 Å². The second-order valence-electron chi connectivity index (χ2n) is 4.62. The van der Waals surface area contributed by atoms with Crippen molar-refractivity contribution >= 4 is 11.5 Å². The maximum atomic E-state index is 8.99. The molecule has 0 saturated carbocycles. The molecule has 2 aromatic rings. The van der Waals surface area contributed by atoms with Gasteiger partial charge in [-0.05, 0) is 37.0 Å². The van der Waals surface area contributed by atoms with Crippen molar-refractivity contribution in [3.63, 3.8) is 0 Å². The number of pyridine rings is 1. The number of nitrogens with one attached hydrogen (secondary N) is 1. The van der Waals surface area contributed by atoms with Crippen LogP contribution >= 0.6 is 0 Å². The minimum atomic E-state index is 0.243. The summed E-state index contributed by atoms with van der Waals surface area (Å²) in [6.07, 6.45) is 3.45. The second kappa shape index (κ2) is 5.82. The Kier molecular flexibility index (Phi) is 4.15. The minimum absolute atomic E-state index is 0.243. The molecule has 0 aromatic carbocycles. The zero-order valence-corrected chi connectivity index (χ0v) is 10.9. The van der Waals surface area contributed by atoms with Crippen LogP contribution in [0.2, 0.25) is 0 Å². The third kappa shape index (κ3) is 2.79. The molecule has 2 rings (SSSR count). The van der Waals surface area contributed by atoms with Crippen LogP contribution in [0.4, 0.5) is 5.82 Å². The highest BCUT2D eigenvalue weighted by atomic mass is 16.3. The van der Waals surface area contributed by atoms with Gasteiger partial charge in [-0.2, -0.15) is 9.61 Å². The van der Waals surface area contributed by atoms with Gasteiger partial charge in [-0.3, -0.25) is 0 Å². The zero-order chi connectivity index (χ0) is 13.0. The lowest BCUT2D eigenvalue weighted by Crippen LogP contribution is -2.16. The smallest absolute Gasteiger partial charge is 0.157 e. The summed E-state index contributed by atoms with van der Waals surface area (Å²) >= 11 is 0. The van der Waals surface area contributed by atoms with Crippen LogP contribution in [0.3, 0.4) is 0 Å². The van der Waals surface area contributed by atoms with E-state index in [4.69, 9.17) is 5.11 Å². The van der Waals surface area contributed by atoms with E-state index in [0.29, 0.717) is 5.92 Å². The summed E-state index contributed by atoms with van der Waals surface area (Å²) in [6.45, 7) is 5.27. The highest BCUT2D eigenvalue weighted by Gasteiger charge is 2.08. The molecule has 0 saturated heterocycles. The molecular formula is C13H20N4O. The van der Waals surface area contributed by atoms with E-state index >= 15 is 0 Å². The average molecular weight is 248 g/mol. The Bertz CT molecular complexity index is 509. The normalized spacial score (nSPS) is 12.8. The van der Waals surface area contributed by atoms with Crippen LogP contribution in [0.1, 0.15) is 25.3 Å². The number of aliphatic hydroxyl groups excluding tert-OH is 1. The first-order valence-corrected chi connectivity index (χ1v) is 6.39. The van der Waals surface area contributed by atoms with E-state index in [9.17, 15) is 0 Å². The van der Waals surface area contributed by atoms with Gasteiger partial charge in [-0.1, -0.05) is 13.3 Å². The van der Waals surface area contributed by atoms with Gasteiger partial charge in [-0.25, -0.2) is 4.98 Å². The summed E-state index contributed by atoms with van der Waals surface area (Å²) in [7, 11) is 0. The lowest BCUT2D eigenvalue weighted by atomic mass is 10.0. The largest absolute Gasteiger partial charge is 0.396 e. The van der Waals surface area contributed by atoms with Crippen molar-refractivity contribution in [2.24, 2.45) is 5.92 Å². The van der Waals surface area contributed by atoms with E-state index in [1.165, 1.54) is 0 Å². The molecule has 0 aliphatic rings. The molecule has 5 heteroatoms. The van der Waals surface area contributed by atoms with Crippen molar-refractivity contribution in [3.05, 3.63) is 24.0 Å². The molecule has 0 radical (unpaired) electrons. The lowest BCUT2D eigenvalue weighted by molar-refractivity contribution is 0.258. The number of hydrogen-bond donors (Lipinski definition) is 2. The Morgan fingerprint density at radius 3 is 3.00 bits per heavy atom. The Labute approximate surface area is 107 Å². The third-order valence-corrected chi connectivity index (χ3v) is 3.21. The fourth-order valence-corrected chi connectivity index (χ4v) is 2.06. The van der Waals surface area contributed by atoms with Crippen molar-refractivity contribution in [2.75, 3.05) is 18.5 Å². The molecule has 0 bridgehead atoms. The van der Waals surface area contributed by atoms with Crippen LogP contribution in [0.25, 0.3) is 5.65 Å². The zero-order valence-electron chi connectivity index (χ0n) is 10.9. The molecule has 0 amide bonds. The van der Waals surface area contributed by atoms with Gasteiger partial charge in [0.2, 0.25) is 0 Å². The number of rotatable bonds is 6. The summed E-state index contributed by atoms with van der Waals surface area (Å²) in [4.78, 5) is 4.20. The van der Waals surface area contributed by atoms with Crippen molar-refractivity contribution < 1.29 is 5.11 Å².